The molecule has 0 aliphatic heterocycles. The van der Waals surface area contributed by atoms with Gasteiger partial charge >= 0.3 is 0 Å². The average molecular weight is 174 g/mol. The first-order valence-corrected chi connectivity index (χ1v) is 3.62. The number of nitrogens with zero attached hydrogens (tertiary/aromatic N) is 3. The molecule has 64 valence electrons. The molecule has 0 saturated carbocycles. The molecule has 0 bridgehead atoms. The largest absolute Gasteiger partial charge is 0.346 e. The zero-order valence-corrected chi connectivity index (χ0v) is 6.69. The molecule has 0 aliphatic carbocycles. The van der Waals surface area contributed by atoms with Crippen LogP contribution in [0.5, 0.6) is 0 Å². The summed E-state index contributed by atoms with van der Waals surface area (Å²) >= 11 is 0. The van der Waals surface area contributed by atoms with Gasteiger partial charge in [-0.2, -0.15) is 0 Å². The third-order valence-corrected chi connectivity index (χ3v) is 1.68. The lowest BCUT2D eigenvalue weighted by Gasteiger charge is -1.96. The van der Waals surface area contributed by atoms with Crippen LogP contribution in [0.25, 0.3) is 11.0 Å². The number of nitrogens with one attached hydrogen (secondary N) is 1. The fourth-order valence-electron chi connectivity index (χ4n) is 1.11. The molecule has 5 heteroatoms. The van der Waals surface area contributed by atoms with Gasteiger partial charge in [0.15, 0.2) is 11.2 Å². The fraction of sp³-hybridized carbons (Fsp3) is 0. The van der Waals surface area contributed by atoms with Crippen LogP contribution in [-0.4, -0.2) is 21.7 Å². The van der Waals surface area contributed by atoms with Gasteiger partial charge in [-0.3, -0.25) is 4.79 Å². The van der Waals surface area contributed by atoms with Crippen LogP contribution in [0, 0.1) is 0 Å². The summed E-state index contributed by atoms with van der Waals surface area (Å²) in [6.45, 7) is 3.33. The number of H-pyrrole nitrogens is 1. The van der Waals surface area contributed by atoms with Gasteiger partial charge in [-0.25, -0.2) is 15.0 Å². The highest BCUT2D eigenvalue weighted by molar-refractivity contribution is 5.84. The zero-order chi connectivity index (χ0) is 9.26. The van der Waals surface area contributed by atoms with E-state index >= 15 is 0 Å². The van der Waals surface area contributed by atoms with Crippen LogP contribution in [0.2, 0.25) is 0 Å². The molecule has 0 unspecified atom stereocenters. The van der Waals surface area contributed by atoms with Crippen LogP contribution in [0.3, 0.4) is 0 Å². The van der Waals surface area contributed by atoms with Crippen LogP contribution >= 0.6 is 0 Å². The Hall–Kier alpha value is -2.04. The molecule has 0 amide bonds. The van der Waals surface area contributed by atoms with Gasteiger partial charge in [0.2, 0.25) is 0 Å². The minimum Gasteiger partial charge on any atom is -0.346 e. The number of rotatable bonds is 1. The van der Waals surface area contributed by atoms with Crippen molar-refractivity contribution >= 4 is 23.6 Å². The molecule has 13 heavy (non-hydrogen) atoms. The maximum absolute atomic E-state index is 11.4. The number of fused-ring (bicyclic) bond motifs is 1. The molecule has 0 radical (unpaired) electrons. The van der Waals surface area contributed by atoms with Crippen LogP contribution in [0.4, 0.5) is 5.82 Å². The molecule has 0 fully saturated rings. The van der Waals surface area contributed by atoms with Gasteiger partial charge in [0.1, 0.15) is 17.4 Å². The predicted molar refractivity (Wildman–Crippen MR) is 49.4 cm³/mol. The van der Waals surface area contributed by atoms with E-state index in [0.29, 0.717) is 16.9 Å². The Kier molecular flexibility index (Phi) is 1.63. The highest BCUT2D eigenvalue weighted by atomic mass is 16.1. The molecule has 5 nitrogen and oxygen atoms in total. The maximum atomic E-state index is 11.4. The summed E-state index contributed by atoms with van der Waals surface area (Å²) in [6, 6.07) is 1.40. The van der Waals surface area contributed by atoms with E-state index in [1.165, 1.54) is 18.6 Å². The molecule has 0 aliphatic rings. The van der Waals surface area contributed by atoms with Crippen molar-refractivity contribution in [3.8, 4) is 0 Å². The Morgan fingerprint density at radius 3 is 3.08 bits per heavy atom. The third-order valence-electron chi connectivity index (χ3n) is 1.68. The third kappa shape index (κ3) is 1.10. The number of aromatic nitrogens is 3. The Balaban J connectivity index is 3.03. The predicted octanol–water partition coefficient (Wildman–Crippen LogP) is 0.650. The number of aliphatic imine (C=N–C) groups is 1. The summed E-state index contributed by atoms with van der Waals surface area (Å²) in [5.41, 5.74) is 0.321. The highest BCUT2D eigenvalue weighted by Crippen LogP contribution is 2.14. The van der Waals surface area contributed by atoms with Crippen LogP contribution in [0.1, 0.15) is 0 Å². The van der Waals surface area contributed by atoms with Gasteiger partial charge < -0.3 is 4.98 Å². The van der Waals surface area contributed by atoms with Crippen LogP contribution in [-0.2, 0) is 0 Å². The van der Waals surface area contributed by atoms with Gasteiger partial charge in [0, 0.05) is 12.3 Å². The molecule has 0 aromatic carbocycles. The lowest BCUT2D eigenvalue weighted by atomic mass is 10.3. The first-order chi connectivity index (χ1) is 6.33. The number of hydrogen-bond acceptors (Lipinski definition) is 4. The summed E-state index contributed by atoms with van der Waals surface area (Å²) in [5, 5.41) is 0.375. The Labute approximate surface area is 73.2 Å². The lowest BCUT2D eigenvalue weighted by molar-refractivity contribution is 1.16. The minimum absolute atomic E-state index is 0.156. The number of hydrogen-bond donors (Lipinski definition) is 1. The van der Waals surface area contributed by atoms with Crippen LogP contribution in [0.15, 0.2) is 28.4 Å². The first kappa shape index (κ1) is 7.60. The SMILES string of the molecule is C=Nc1ncnc2[nH]ccc(=O)c12. The van der Waals surface area contributed by atoms with Crippen molar-refractivity contribution in [1.82, 2.24) is 15.0 Å². The second-order valence-electron chi connectivity index (χ2n) is 2.42. The lowest BCUT2D eigenvalue weighted by Crippen LogP contribution is -2.02. The summed E-state index contributed by atoms with van der Waals surface area (Å²) < 4.78 is 0. The molecule has 0 saturated heterocycles. The Morgan fingerprint density at radius 2 is 2.31 bits per heavy atom. The quantitative estimate of drug-likeness (QED) is 0.645. The van der Waals surface area contributed by atoms with E-state index < -0.39 is 0 Å². The van der Waals surface area contributed by atoms with Crippen molar-refractivity contribution < 1.29 is 0 Å². The van der Waals surface area contributed by atoms with Crippen LogP contribution < -0.4 is 5.43 Å². The summed E-state index contributed by atoms with van der Waals surface area (Å²) in [7, 11) is 0. The molecule has 1 N–H and O–H groups in total. The summed E-state index contributed by atoms with van der Waals surface area (Å²) in [5.74, 6) is 0.312. The molecular formula is C8H6N4O. The molecule has 2 heterocycles. The fourth-order valence-corrected chi connectivity index (χ4v) is 1.11. The molecular weight excluding hydrogens is 168 g/mol. The van der Waals surface area contributed by atoms with Crippen molar-refractivity contribution in [1.29, 1.82) is 0 Å². The van der Waals surface area contributed by atoms with Gasteiger partial charge in [0.25, 0.3) is 0 Å². The molecule has 2 aromatic rings. The van der Waals surface area contributed by atoms with E-state index in [0.717, 1.165) is 0 Å². The topological polar surface area (TPSA) is 71.0 Å². The van der Waals surface area contributed by atoms with E-state index in [-0.39, 0.29) is 5.43 Å². The smallest absolute Gasteiger partial charge is 0.194 e. The first-order valence-electron chi connectivity index (χ1n) is 3.62. The van der Waals surface area contributed by atoms with Gasteiger partial charge in [0.05, 0.1) is 0 Å². The van der Waals surface area contributed by atoms with Gasteiger partial charge in [-0.15, -0.1) is 0 Å². The molecule has 0 atom stereocenters. The van der Waals surface area contributed by atoms with Crippen molar-refractivity contribution in [2.45, 2.75) is 0 Å². The molecule has 0 spiro atoms. The van der Waals surface area contributed by atoms with Crippen molar-refractivity contribution in [2.75, 3.05) is 0 Å². The second kappa shape index (κ2) is 2.78. The zero-order valence-electron chi connectivity index (χ0n) is 6.69. The van der Waals surface area contributed by atoms with E-state index in [4.69, 9.17) is 0 Å². The molecule has 2 rings (SSSR count). The Bertz CT molecular complexity index is 512. The van der Waals surface area contributed by atoms with E-state index in [1.54, 1.807) is 0 Å². The average Bonchev–Trinajstić information content (AvgIpc) is 2.17. The summed E-state index contributed by atoms with van der Waals surface area (Å²) in [6.07, 6.45) is 2.87. The Morgan fingerprint density at radius 1 is 1.46 bits per heavy atom. The van der Waals surface area contributed by atoms with Gasteiger partial charge in [-0.05, 0) is 6.72 Å². The standard InChI is InChI=1S/C8H6N4O/c1-9-7-6-5(13)2-3-10-8(6)12-4-11-7/h2-4H,1H2,(H,10,11,12,13). The second-order valence-corrected chi connectivity index (χ2v) is 2.42. The minimum atomic E-state index is -0.156. The number of aromatic amines is 1. The highest BCUT2D eigenvalue weighted by Gasteiger charge is 2.04. The van der Waals surface area contributed by atoms with Crippen molar-refractivity contribution in [3.63, 3.8) is 0 Å². The normalized spacial score (nSPS) is 10.2. The van der Waals surface area contributed by atoms with Crippen molar-refractivity contribution in [3.05, 3.63) is 28.8 Å². The summed E-state index contributed by atoms with van der Waals surface area (Å²) in [4.78, 5) is 25.6. The van der Waals surface area contributed by atoms with Gasteiger partial charge in [-0.1, -0.05) is 0 Å². The maximum Gasteiger partial charge on any atom is 0.194 e. The van der Waals surface area contributed by atoms with E-state index in [1.807, 2.05) is 0 Å². The van der Waals surface area contributed by atoms with Crippen molar-refractivity contribution in [2.24, 2.45) is 4.99 Å². The van der Waals surface area contributed by atoms with E-state index in [9.17, 15) is 4.79 Å². The monoisotopic (exact) mass is 174 g/mol. The van der Waals surface area contributed by atoms with E-state index in [2.05, 4.69) is 26.7 Å². The number of pyridine rings is 1. The molecule has 2 aromatic heterocycles.